The number of fused-ring (bicyclic) bond motifs is 1. The van der Waals surface area contributed by atoms with Crippen LogP contribution >= 0.6 is 34.2 Å². The van der Waals surface area contributed by atoms with Gasteiger partial charge in [-0.2, -0.15) is 8.42 Å². The summed E-state index contributed by atoms with van der Waals surface area (Å²) in [6.07, 6.45) is 26.8. The van der Waals surface area contributed by atoms with Crippen LogP contribution in [-0.2, 0) is 19.8 Å². The van der Waals surface area contributed by atoms with E-state index in [9.17, 15) is 8.42 Å². The molecule has 0 saturated carbocycles. The van der Waals surface area contributed by atoms with Crippen molar-refractivity contribution in [3.63, 3.8) is 0 Å². The van der Waals surface area contributed by atoms with Crippen molar-refractivity contribution in [3.05, 3.63) is 56.6 Å². The summed E-state index contributed by atoms with van der Waals surface area (Å²) < 4.78 is 34.8. The Hall–Kier alpha value is -0.670. The molecule has 4 nitrogen and oxygen atoms in total. The van der Waals surface area contributed by atoms with Crippen LogP contribution < -0.4 is 4.65 Å². The minimum absolute atomic E-state index is 0.00323. The summed E-state index contributed by atoms with van der Waals surface area (Å²) in [5.41, 5.74) is 1.90. The Morgan fingerprint density at radius 3 is 1.61 bits per heavy atom. The second kappa shape index (κ2) is 20.1. The molecule has 3 rings (SSSR count). The third-order valence-electron chi connectivity index (χ3n) is 10.4. The van der Waals surface area contributed by atoms with E-state index in [1.54, 1.807) is 12.1 Å². The second-order valence-corrected chi connectivity index (χ2v) is 17.5. The van der Waals surface area contributed by atoms with Crippen LogP contribution in [0.15, 0.2) is 47.4 Å². The van der Waals surface area contributed by atoms with Crippen LogP contribution in [0.25, 0.3) is 0 Å². The molecule has 2 atom stereocenters. The number of quaternary nitrogens is 1. The van der Waals surface area contributed by atoms with Crippen molar-refractivity contribution in [1.82, 2.24) is 4.65 Å². The Morgan fingerprint density at radius 2 is 1.15 bits per heavy atom. The summed E-state index contributed by atoms with van der Waals surface area (Å²) in [6.45, 7) is 9.48. The molecule has 2 unspecified atom stereocenters. The zero-order chi connectivity index (χ0) is 33.5. The first kappa shape index (κ1) is 39.8. The average Bonchev–Trinajstić information content (AvgIpc) is 3.17. The van der Waals surface area contributed by atoms with E-state index in [2.05, 4.69) is 68.5 Å². The van der Waals surface area contributed by atoms with Gasteiger partial charge in [-0.05, 0) is 92.6 Å². The van der Waals surface area contributed by atoms with Gasteiger partial charge in [0, 0.05) is 20.2 Å². The minimum Gasteiger partial charge on any atom is -0.189 e. The third kappa shape index (κ3) is 11.7. The number of rotatable bonds is 24. The van der Waals surface area contributed by atoms with E-state index in [1.807, 2.05) is 0 Å². The highest BCUT2D eigenvalue weighted by atomic mass is 127. The van der Waals surface area contributed by atoms with Crippen molar-refractivity contribution in [3.8, 4) is 0 Å². The highest BCUT2D eigenvalue weighted by Gasteiger charge is 2.59. The molecule has 0 amide bonds. The maximum absolute atomic E-state index is 13.7. The van der Waals surface area contributed by atoms with Crippen LogP contribution in [-0.4, -0.2) is 21.0 Å². The quantitative estimate of drug-likeness (QED) is 0.0605. The summed E-state index contributed by atoms with van der Waals surface area (Å²) in [6, 6.07) is 12.6. The van der Waals surface area contributed by atoms with E-state index in [-0.39, 0.29) is 21.0 Å². The molecule has 260 valence electrons. The lowest BCUT2D eigenvalue weighted by Crippen LogP contribution is -2.58. The Kier molecular flexibility index (Phi) is 17.4. The summed E-state index contributed by atoms with van der Waals surface area (Å²) in [4.78, 5) is 0.141. The minimum atomic E-state index is -4.02. The summed E-state index contributed by atoms with van der Waals surface area (Å²) in [7, 11) is -4.02. The zero-order valence-electron chi connectivity index (χ0n) is 29.3. The lowest BCUT2D eigenvalue weighted by atomic mass is 9.81. The fourth-order valence-electron chi connectivity index (χ4n) is 7.19. The molecule has 7 heteroatoms. The SMILES string of the molecule is CCCCCCCCCCCCCCCCCCCCCC[N+]1(OS(=O)(=O)c2ccc(Cl)cc2)c2ccc(I)cc2C(C)(C)C1C. The fourth-order valence-corrected chi connectivity index (χ4v) is 8.99. The van der Waals surface area contributed by atoms with Crippen molar-refractivity contribution in [2.45, 2.75) is 172 Å². The van der Waals surface area contributed by atoms with Gasteiger partial charge in [-0.25, -0.2) is 0 Å². The first-order chi connectivity index (χ1) is 22.0. The first-order valence-electron chi connectivity index (χ1n) is 18.4. The maximum Gasteiger partial charge on any atom is 0.343 e. The maximum atomic E-state index is 13.7. The predicted molar refractivity (Wildman–Crippen MR) is 206 cm³/mol. The van der Waals surface area contributed by atoms with Crippen molar-refractivity contribution in [2.75, 3.05) is 6.54 Å². The normalized spacial score (nSPS) is 19.0. The second-order valence-electron chi connectivity index (χ2n) is 14.3. The van der Waals surface area contributed by atoms with E-state index in [4.69, 9.17) is 15.9 Å². The molecule has 0 aliphatic carbocycles. The van der Waals surface area contributed by atoms with E-state index >= 15 is 0 Å². The van der Waals surface area contributed by atoms with Gasteiger partial charge in [-0.3, -0.25) is 0 Å². The van der Waals surface area contributed by atoms with Crippen LogP contribution in [0, 0.1) is 3.57 Å². The Balaban J connectivity index is 1.39. The first-order valence-corrected chi connectivity index (χ1v) is 21.3. The van der Waals surface area contributed by atoms with Gasteiger partial charge in [0.05, 0.1) is 10.3 Å². The van der Waals surface area contributed by atoms with Crippen molar-refractivity contribution in [2.24, 2.45) is 0 Å². The third-order valence-corrected chi connectivity index (χ3v) is 12.6. The molecule has 0 N–H and O–H groups in total. The number of unbranched alkanes of at least 4 members (excludes halogenated alkanes) is 19. The number of hydrogen-bond acceptors (Lipinski definition) is 3. The van der Waals surface area contributed by atoms with Gasteiger partial charge < -0.3 is 0 Å². The lowest BCUT2D eigenvalue weighted by Gasteiger charge is -2.37. The molecular formula is C39H62ClINO3S+. The van der Waals surface area contributed by atoms with Gasteiger partial charge in [0.15, 0.2) is 5.69 Å². The van der Waals surface area contributed by atoms with Crippen molar-refractivity contribution >= 4 is 50.0 Å². The predicted octanol–water partition coefficient (Wildman–Crippen LogP) is 13.1. The standard InChI is InChI=1S/C39H62ClINO3S/c1-5-6-7-8-9-10-11-12-13-14-15-16-17-18-19-20-21-22-23-24-31-42(45-46(43,44)36-28-25-34(40)26-29-36)33(2)39(3,4)37-32-35(41)27-30-38(37)42/h25-30,32-33H,5-24,31H2,1-4H3/q+1. The Labute approximate surface area is 301 Å². The van der Waals surface area contributed by atoms with Gasteiger partial charge in [-0.15, -0.1) is 4.65 Å². The van der Waals surface area contributed by atoms with Crippen LogP contribution in [0.1, 0.15) is 162 Å². The molecule has 0 aromatic heterocycles. The molecule has 1 aliphatic heterocycles. The number of benzene rings is 2. The summed E-state index contributed by atoms with van der Waals surface area (Å²) in [5, 5.41) is 0.503. The Bertz CT molecular complexity index is 1270. The van der Waals surface area contributed by atoms with Crippen LogP contribution in [0.3, 0.4) is 0 Å². The van der Waals surface area contributed by atoms with Gasteiger partial charge in [-0.1, -0.05) is 138 Å². The lowest BCUT2D eigenvalue weighted by molar-refractivity contribution is -0.0787. The topological polar surface area (TPSA) is 43.4 Å². The Morgan fingerprint density at radius 1 is 0.717 bits per heavy atom. The number of halogens is 2. The molecule has 0 bridgehead atoms. The van der Waals surface area contributed by atoms with E-state index < -0.39 is 10.1 Å². The molecule has 0 spiro atoms. The number of hydroxylamine groups is 2. The number of nitrogens with zero attached hydrogens (tertiary/aromatic N) is 1. The summed E-state index contributed by atoms with van der Waals surface area (Å²) in [5.74, 6) is 0. The summed E-state index contributed by atoms with van der Waals surface area (Å²) >= 11 is 8.40. The van der Waals surface area contributed by atoms with Crippen LogP contribution in [0.2, 0.25) is 5.02 Å². The molecule has 1 aliphatic rings. The molecule has 0 saturated heterocycles. The average molecular weight is 787 g/mol. The highest BCUT2D eigenvalue weighted by Crippen LogP contribution is 2.51. The smallest absolute Gasteiger partial charge is 0.189 e. The molecule has 2 aromatic rings. The van der Waals surface area contributed by atoms with Crippen molar-refractivity contribution < 1.29 is 12.7 Å². The fraction of sp³-hybridized carbons (Fsp3) is 0.692. The van der Waals surface area contributed by atoms with Crippen molar-refractivity contribution in [1.29, 1.82) is 0 Å². The monoisotopic (exact) mass is 786 g/mol. The van der Waals surface area contributed by atoms with Gasteiger partial charge in [0.2, 0.25) is 0 Å². The van der Waals surface area contributed by atoms with Gasteiger partial charge in [0.1, 0.15) is 12.6 Å². The van der Waals surface area contributed by atoms with Crippen LogP contribution in [0.4, 0.5) is 5.69 Å². The van der Waals surface area contributed by atoms with E-state index in [0.29, 0.717) is 11.6 Å². The molecule has 0 fully saturated rings. The highest BCUT2D eigenvalue weighted by molar-refractivity contribution is 14.1. The molecule has 1 heterocycles. The molecule has 46 heavy (non-hydrogen) atoms. The van der Waals surface area contributed by atoms with E-state index in [0.717, 1.165) is 22.1 Å². The van der Waals surface area contributed by atoms with Gasteiger partial charge in [0.25, 0.3) is 0 Å². The zero-order valence-corrected chi connectivity index (χ0v) is 33.0. The molecule has 2 aromatic carbocycles. The molecule has 0 radical (unpaired) electrons. The number of hydrogen-bond donors (Lipinski definition) is 0. The molecular weight excluding hydrogens is 725 g/mol. The largest absolute Gasteiger partial charge is 0.343 e. The van der Waals surface area contributed by atoms with Gasteiger partial charge >= 0.3 is 10.1 Å². The van der Waals surface area contributed by atoms with Crippen LogP contribution in [0.5, 0.6) is 0 Å². The van der Waals surface area contributed by atoms with E-state index in [1.165, 1.54) is 133 Å².